The lowest BCUT2D eigenvalue weighted by molar-refractivity contribution is 0.315. The number of rotatable bonds is 6. The molecule has 194 valence electrons. The van der Waals surface area contributed by atoms with E-state index in [2.05, 4.69) is 110 Å². The van der Waals surface area contributed by atoms with Crippen molar-refractivity contribution in [1.29, 1.82) is 0 Å². The first-order valence-corrected chi connectivity index (χ1v) is 12.9. The number of aryl methyl sites for hydroxylation is 1. The van der Waals surface area contributed by atoms with Crippen LogP contribution in [0.5, 0.6) is 0 Å². The zero-order valence-corrected chi connectivity index (χ0v) is 24.3. The molecule has 34 heavy (non-hydrogen) atoms. The highest BCUT2D eigenvalue weighted by molar-refractivity contribution is 6.50. The van der Waals surface area contributed by atoms with Crippen LogP contribution < -0.4 is 5.46 Å². The summed E-state index contributed by atoms with van der Waals surface area (Å²) in [7, 11) is 6.64. The molecule has 2 aromatic carbocycles. The van der Waals surface area contributed by atoms with Gasteiger partial charge in [0.1, 0.15) is 0 Å². The van der Waals surface area contributed by atoms with Crippen molar-refractivity contribution < 1.29 is 0 Å². The molecule has 0 unspecified atom stereocenters. The van der Waals surface area contributed by atoms with Crippen LogP contribution in [-0.4, -0.2) is 49.2 Å². The van der Waals surface area contributed by atoms with Gasteiger partial charge < -0.3 is 9.62 Å². The van der Waals surface area contributed by atoms with Gasteiger partial charge in [0, 0.05) is 0 Å². The first-order chi connectivity index (χ1) is 15.6. The normalized spacial score (nSPS) is 9.62. The minimum absolute atomic E-state index is 0. The summed E-state index contributed by atoms with van der Waals surface area (Å²) in [6.07, 6.45) is 0. The maximum atomic E-state index is 5.59. The highest BCUT2D eigenvalue weighted by Gasteiger charge is 2.14. The standard InChI is InChI=1S/C12H20BN.C7H8.C6H14BN.2C2H6.CH4/c1-10(2)14(11(3)4)13-12-8-6-5-7-9-12;1-7-5-3-2-4-6-7;1-5(2)8(7)6(3)4;2*1-2;/h5-11,13H,1-4H3;2-6H,1H3;5-6H,1-4H3;2*1-2H3;1H4. The van der Waals surface area contributed by atoms with E-state index in [-0.39, 0.29) is 7.43 Å². The quantitative estimate of drug-likeness (QED) is 0.402. The Labute approximate surface area is 218 Å². The molecule has 0 heterocycles. The van der Waals surface area contributed by atoms with Gasteiger partial charge in [0.15, 0.2) is 7.98 Å². The average Bonchev–Trinajstić information content (AvgIpc) is 2.81. The summed E-state index contributed by atoms with van der Waals surface area (Å²) < 4.78 is 0. The summed E-state index contributed by atoms with van der Waals surface area (Å²) in [4.78, 5) is 4.33. The van der Waals surface area contributed by atoms with E-state index in [4.69, 9.17) is 7.98 Å². The molecule has 4 heteroatoms. The third-order valence-corrected chi connectivity index (χ3v) is 4.67. The van der Waals surface area contributed by atoms with Crippen molar-refractivity contribution in [3.05, 3.63) is 66.2 Å². The van der Waals surface area contributed by atoms with Crippen LogP contribution >= 0.6 is 0 Å². The van der Waals surface area contributed by atoms with Crippen LogP contribution in [0.1, 0.15) is 96.1 Å². The average molecular weight is 468 g/mol. The van der Waals surface area contributed by atoms with Crippen LogP contribution in [0.3, 0.4) is 0 Å². The Balaban J connectivity index is -0.000000194. The first-order valence-electron chi connectivity index (χ1n) is 12.9. The van der Waals surface area contributed by atoms with Crippen molar-refractivity contribution in [2.24, 2.45) is 0 Å². The summed E-state index contributed by atoms with van der Waals surface area (Å²) in [6.45, 7) is 27.4. The molecule has 0 aromatic heterocycles. The summed E-state index contributed by atoms with van der Waals surface area (Å²) in [6, 6.07) is 23.0. The van der Waals surface area contributed by atoms with Gasteiger partial charge in [-0.3, -0.25) is 0 Å². The monoisotopic (exact) mass is 468 g/mol. The second-order valence-electron chi connectivity index (χ2n) is 8.63. The molecule has 0 saturated heterocycles. The largest absolute Gasteiger partial charge is 0.349 e. The van der Waals surface area contributed by atoms with Gasteiger partial charge in [0.2, 0.25) is 7.41 Å². The van der Waals surface area contributed by atoms with Crippen LogP contribution in [0.25, 0.3) is 0 Å². The van der Waals surface area contributed by atoms with Crippen molar-refractivity contribution in [1.82, 2.24) is 9.62 Å². The maximum Gasteiger partial charge on any atom is 0.239 e. The highest BCUT2D eigenvalue weighted by Crippen LogP contribution is 2.02. The SMILES string of the molecule is C.CC.CC.CC(C)N(Bc1ccccc1)C(C)C.Cc1ccccc1.[B]N(C(C)C)C(C)C. The Morgan fingerprint density at radius 3 is 1.12 bits per heavy atom. The zero-order valence-electron chi connectivity index (χ0n) is 24.3. The van der Waals surface area contributed by atoms with E-state index in [0.29, 0.717) is 24.2 Å². The number of nitrogens with zero attached hydrogens (tertiary/aromatic N) is 2. The molecule has 0 bridgehead atoms. The summed E-state index contributed by atoms with van der Waals surface area (Å²) in [5, 5.41) is 0. The summed E-state index contributed by atoms with van der Waals surface area (Å²) in [5.41, 5.74) is 2.72. The molecule has 2 rings (SSSR count). The van der Waals surface area contributed by atoms with Crippen LogP contribution in [0.15, 0.2) is 60.7 Å². The second-order valence-corrected chi connectivity index (χ2v) is 8.63. The van der Waals surface area contributed by atoms with Gasteiger partial charge in [-0.2, -0.15) is 0 Å². The van der Waals surface area contributed by atoms with Crippen molar-refractivity contribution >= 4 is 20.9 Å². The Hall–Kier alpha value is -1.51. The van der Waals surface area contributed by atoms with E-state index in [1.54, 1.807) is 0 Å². The third kappa shape index (κ3) is 22.3. The van der Waals surface area contributed by atoms with E-state index in [1.165, 1.54) is 11.0 Å². The minimum atomic E-state index is 0. The number of benzene rings is 2. The predicted molar refractivity (Wildman–Crippen MR) is 164 cm³/mol. The fourth-order valence-corrected chi connectivity index (χ4v) is 2.89. The number of hydrogen-bond acceptors (Lipinski definition) is 2. The van der Waals surface area contributed by atoms with Crippen LogP contribution in [0.2, 0.25) is 0 Å². The molecule has 0 spiro atoms. The summed E-state index contributed by atoms with van der Waals surface area (Å²) >= 11 is 0. The van der Waals surface area contributed by atoms with Crippen molar-refractivity contribution in [2.45, 2.75) is 122 Å². The molecule has 0 N–H and O–H groups in total. The topological polar surface area (TPSA) is 6.48 Å². The Kier molecular flexibility index (Phi) is 30.5. The van der Waals surface area contributed by atoms with Gasteiger partial charge in [-0.1, -0.05) is 162 Å². The molecule has 0 fully saturated rings. The fraction of sp³-hybridized carbons (Fsp3) is 0.600. The molecule has 2 radical (unpaired) electrons. The van der Waals surface area contributed by atoms with E-state index in [1.807, 2.05) is 50.7 Å². The maximum absolute atomic E-state index is 5.59. The van der Waals surface area contributed by atoms with Crippen molar-refractivity contribution in [3.8, 4) is 0 Å². The van der Waals surface area contributed by atoms with Crippen molar-refractivity contribution in [2.75, 3.05) is 0 Å². The van der Waals surface area contributed by atoms with E-state index in [0.717, 1.165) is 7.41 Å². The molecule has 2 aromatic rings. The molecular formula is C30H58B2N2. The van der Waals surface area contributed by atoms with E-state index in [9.17, 15) is 0 Å². The van der Waals surface area contributed by atoms with Crippen LogP contribution in [0, 0.1) is 6.92 Å². The fourth-order valence-electron chi connectivity index (χ4n) is 2.89. The van der Waals surface area contributed by atoms with Crippen molar-refractivity contribution in [3.63, 3.8) is 0 Å². The van der Waals surface area contributed by atoms with Gasteiger partial charge in [-0.15, -0.1) is 0 Å². The van der Waals surface area contributed by atoms with Gasteiger partial charge in [-0.25, -0.2) is 0 Å². The van der Waals surface area contributed by atoms with E-state index < -0.39 is 0 Å². The Morgan fingerprint density at radius 1 is 0.588 bits per heavy atom. The lowest BCUT2D eigenvalue weighted by atomic mass is 9.78. The smallest absolute Gasteiger partial charge is 0.239 e. The minimum Gasteiger partial charge on any atom is -0.349 e. The second kappa shape index (κ2) is 26.1. The molecule has 0 aliphatic rings. The third-order valence-electron chi connectivity index (χ3n) is 4.67. The molecule has 0 amide bonds. The molecule has 2 nitrogen and oxygen atoms in total. The van der Waals surface area contributed by atoms with Gasteiger partial charge >= 0.3 is 0 Å². The predicted octanol–water partition coefficient (Wildman–Crippen LogP) is 7.65. The lowest BCUT2D eigenvalue weighted by Crippen LogP contribution is -2.44. The molecule has 0 aliphatic carbocycles. The van der Waals surface area contributed by atoms with Crippen LogP contribution in [-0.2, 0) is 0 Å². The highest BCUT2D eigenvalue weighted by atomic mass is 15.1. The lowest BCUT2D eigenvalue weighted by Gasteiger charge is -2.30. The number of hydrogen-bond donors (Lipinski definition) is 0. The molecule has 0 aliphatic heterocycles. The van der Waals surface area contributed by atoms with E-state index >= 15 is 0 Å². The summed E-state index contributed by atoms with van der Waals surface area (Å²) in [5.74, 6) is 0. The van der Waals surface area contributed by atoms with Gasteiger partial charge in [-0.05, 0) is 31.1 Å². The molecule has 0 atom stereocenters. The Morgan fingerprint density at radius 2 is 0.912 bits per heavy atom. The zero-order chi connectivity index (χ0) is 26.4. The van der Waals surface area contributed by atoms with Crippen LogP contribution in [0.4, 0.5) is 0 Å². The first kappa shape index (κ1) is 39.7. The molecular weight excluding hydrogens is 410 g/mol. The Bertz CT molecular complexity index is 598. The van der Waals surface area contributed by atoms with Gasteiger partial charge in [0.25, 0.3) is 0 Å². The molecule has 0 saturated carbocycles. The van der Waals surface area contributed by atoms with Gasteiger partial charge in [0.05, 0.1) is 0 Å².